The van der Waals surface area contributed by atoms with Crippen LogP contribution in [-0.4, -0.2) is 84.8 Å². The van der Waals surface area contributed by atoms with E-state index in [9.17, 15) is 4.79 Å². The van der Waals surface area contributed by atoms with Gasteiger partial charge in [-0.1, -0.05) is 30.3 Å². The van der Waals surface area contributed by atoms with Crippen molar-refractivity contribution < 1.29 is 20.5 Å². The number of nitrogens with zero attached hydrogens (tertiary/aromatic N) is 2. The van der Waals surface area contributed by atoms with Crippen molar-refractivity contribution in [3.63, 3.8) is 0 Å². The van der Waals surface area contributed by atoms with Crippen LogP contribution in [0.25, 0.3) is 0 Å². The van der Waals surface area contributed by atoms with Gasteiger partial charge in [-0.3, -0.25) is 15.1 Å². The number of nitrogens with one attached hydrogen (secondary N) is 2. The number of hydrazine groups is 1. The third-order valence-electron chi connectivity index (χ3n) is 6.85. The summed E-state index contributed by atoms with van der Waals surface area (Å²) in [6, 6.07) is 10.7. The Bertz CT molecular complexity index is 651. The first-order chi connectivity index (χ1) is 13.7. The number of piperidine rings is 1. The molecule has 1 aromatic rings. The molecule has 0 aliphatic carbocycles. The van der Waals surface area contributed by atoms with Crippen molar-refractivity contribution in [2.45, 2.75) is 50.2 Å². The SMILES string of the molecule is CC(C1CNCCO1)N1CCC(C(=O)NN2CCCC2)(c2ccccc2)CC1.Cl.Cl.O.O. The molecule has 4 rings (SSSR count). The van der Waals surface area contributed by atoms with Crippen molar-refractivity contribution in [2.24, 2.45) is 0 Å². The number of hydrogen-bond acceptors (Lipinski definition) is 5. The van der Waals surface area contributed by atoms with Gasteiger partial charge < -0.3 is 21.0 Å². The van der Waals surface area contributed by atoms with Crippen LogP contribution in [0.1, 0.15) is 38.2 Å². The summed E-state index contributed by atoms with van der Waals surface area (Å²) < 4.78 is 5.98. The Balaban J connectivity index is 0.00000240. The maximum absolute atomic E-state index is 13.4. The van der Waals surface area contributed by atoms with Gasteiger partial charge >= 0.3 is 0 Å². The van der Waals surface area contributed by atoms with Gasteiger partial charge in [0, 0.05) is 32.2 Å². The fourth-order valence-corrected chi connectivity index (χ4v) is 4.93. The summed E-state index contributed by atoms with van der Waals surface area (Å²) in [5.74, 6) is 0.170. The van der Waals surface area contributed by atoms with Crippen LogP contribution in [0.2, 0.25) is 0 Å². The number of likely N-dealkylation sites (tertiary alicyclic amines) is 1. The second-order valence-electron chi connectivity index (χ2n) is 8.47. The maximum Gasteiger partial charge on any atom is 0.245 e. The van der Waals surface area contributed by atoms with Gasteiger partial charge in [0.25, 0.3) is 0 Å². The molecule has 0 aromatic heterocycles. The van der Waals surface area contributed by atoms with Crippen LogP contribution in [0.3, 0.4) is 0 Å². The van der Waals surface area contributed by atoms with E-state index in [1.165, 1.54) is 12.8 Å². The summed E-state index contributed by atoms with van der Waals surface area (Å²) in [7, 11) is 0. The summed E-state index contributed by atoms with van der Waals surface area (Å²) in [6.45, 7) is 8.67. The Labute approximate surface area is 203 Å². The van der Waals surface area contributed by atoms with Crippen LogP contribution in [0, 0.1) is 0 Å². The molecule has 1 amide bonds. The molecule has 2 atom stereocenters. The molecule has 3 aliphatic heterocycles. The zero-order valence-electron chi connectivity index (χ0n) is 18.8. The fraction of sp³-hybridized carbons (Fsp3) is 0.682. The number of halogens is 2. The minimum atomic E-state index is -0.439. The van der Waals surface area contributed by atoms with E-state index in [0.717, 1.165) is 64.3 Å². The number of ether oxygens (including phenoxy) is 1. The number of carbonyl (C=O) groups is 1. The van der Waals surface area contributed by atoms with E-state index in [-0.39, 0.29) is 47.8 Å². The first-order valence-electron chi connectivity index (χ1n) is 10.9. The van der Waals surface area contributed by atoms with Crippen molar-refractivity contribution in [2.75, 3.05) is 45.9 Å². The molecule has 0 radical (unpaired) electrons. The smallest absolute Gasteiger partial charge is 0.245 e. The van der Waals surface area contributed by atoms with E-state index in [1.807, 2.05) is 6.07 Å². The van der Waals surface area contributed by atoms with Crippen LogP contribution >= 0.6 is 24.8 Å². The lowest BCUT2D eigenvalue weighted by atomic mass is 9.71. The highest BCUT2D eigenvalue weighted by Gasteiger charge is 2.44. The molecule has 0 saturated carbocycles. The molecule has 32 heavy (non-hydrogen) atoms. The van der Waals surface area contributed by atoms with E-state index in [0.29, 0.717) is 6.04 Å². The molecule has 0 spiro atoms. The van der Waals surface area contributed by atoms with Crippen molar-refractivity contribution in [1.29, 1.82) is 0 Å². The van der Waals surface area contributed by atoms with Crippen LogP contribution in [0.15, 0.2) is 30.3 Å². The molecular formula is C22H40Cl2N4O4. The zero-order valence-corrected chi connectivity index (χ0v) is 20.5. The van der Waals surface area contributed by atoms with Gasteiger partial charge in [0.2, 0.25) is 5.91 Å². The van der Waals surface area contributed by atoms with E-state index in [1.54, 1.807) is 0 Å². The monoisotopic (exact) mass is 494 g/mol. The molecule has 186 valence electrons. The third-order valence-corrected chi connectivity index (χ3v) is 6.85. The van der Waals surface area contributed by atoms with E-state index >= 15 is 0 Å². The lowest BCUT2D eigenvalue weighted by molar-refractivity contribution is -0.134. The molecule has 8 nitrogen and oxygen atoms in total. The van der Waals surface area contributed by atoms with Crippen molar-refractivity contribution >= 4 is 30.7 Å². The van der Waals surface area contributed by atoms with Crippen molar-refractivity contribution in [3.05, 3.63) is 35.9 Å². The predicted octanol–water partition coefficient (Wildman–Crippen LogP) is 0.718. The zero-order chi connectivity index (χ0) is 19.4. The molecule has 3 saturated heterocycles. The van der Waals surface area contributed by atoms with Gasteiger partial charge in [0.1, 0.15) is 0 Å². The van der Waals surface area contributed by atoms with Gasteiger partial charge in [-0.25, -0.2) is 5.01 Å². The number of carbonyl (C=O) groups excluding carboxylic acids is 1. The summed E-state index contributed by atoms with van der Waals surface area (Å²) >= 11 is 0. The molecular weight excluding hydrogens is 455 g/mol. The molecule has 2 unspecified atom stereocenters. The molecule has 1 aromatic carbocycles. The summed E-state index contributed by atoms with van der Waals surface area (Å²) in [5.41, 5.74) is 3.95. The Morgan fingerprint density at radius 1 is 1.09 bits per heavy atom. The number of morpholine rings is 1. The first-order valence-corrected chi connectivity index (χ1v) is 10.9. The fourth-order valence-electron chi connectivity index (χ4n) is 4.93. The van der Waals surface area contributed by atoms with Crippen LogP contribution < -0.4 is 10.7 Å². The average molecular weight is 495 g/mol. The van der Waals surface area contributed by atoms with Gasteiger partial charge in [0.05, 0.1) is 18.1 Å². The summed E-state index contributed by atoms with van der Waals surface area (Å²) in [5, 5.41) is 5.53. The Kier molecular flexibility index (Phi) is 13.9. The lowest BCUT2D eigenvalue weighted by Gasteiger charge is -2.45. The van der Waals surface area contributed by atoms with E-state index in [4.69, 9.17) is 4.74 Å². The molecule has 6 N–H and O–H groups in total. The molecule has 3 aliphatic rings. The van der Waals surface area contributed by atoms with Gasteiger partial charge in [-0.05, 0) is 51.3 Å². The van der Waals surface area contributed by atoms with Crippen LogP contribution in [-0.2, 0) is 14.9 Å². The molecule has 3 fully saturated rings. The minimum Gasteiger partial charge on any atom is -0.412 e. The molecule has 0 bridgehead atoms. The lowest BCUT2D eigenvalue weighted by Crippen LogP contribution is -2.58. The normalized spacial score (nSPS) is 24.0. The minimum absolute atomic E-state index is 0. The average Bonchev–Trinajstić information content (AvgIpc) is 3.27. The highest BCUT2D eigenvalue weighted by Crippen LogP contribution is 2.37. The molecule has 3 heterocycles. The highest BCUT2D eigenvalue weighted by molar-refractivity contribution is 5.88. The quantitative estimate of drug-likeness (QED) is 0.624. The molecule has 10 heteroatoms. The standard InChI is InChI=1S/C22H34N4O2.2ClH.2H2O/c1-18(20-17-23-11-16-28-20)25-14-9-22(10-15-25,19-7-3-2-4-8-19)21(27)24-26-12-5-6-13-26;;;;/h2-4,7-8,18,20,23H,5-6,9-17H2,1H3,(H,24,27);2*1H;2*1H2. The van der Waals surface area contributed by atoms with Gasteiger partial charge in [-0.2, -0.15) is 0 Å². The Hall–Kier alpha value is -0.970. The van der Waals surface area contributed by atoms with Crippen LogP contribution in [0.4, 0.5) is 0 Å². The predicted molar refractivity (Wildman–Crippen MR) is 132 cm³/mol. The second kappa shape index (κ2) is 14.3. The highest BCUT2D eigenvalue weighted by atomic mass is 35.5. The van der Waals surface area contributed by atoms with E-state index < -0.39 is 5.41 Å². The number of rotatable bonds is 5. The summed E-state index contributed by atoms with van der Waals surface area (Å²) in [6.07, 6.45) is 4.26. The Morgan fingerprint density at radius 2 is 1.72 bits per heavy atom. The van der Waals surface area contributed by atoms with Crippen molar-refractivity contribution in [1.82, 2.24) is 20.7 Å². The van der Waals surface area contributed by atoms with Crippen LogP contribution in [0.5, 0.6) is 0 Å². The number of benzene rings is 1. The Morgan fingerprint density at radius 3 is 2.28 bits per heavy atom. The third kappa shape index (κ3) is 6.77. The van der Waals surface area contributed by atoms with Gasteiger partial charge in [-0.15, -0.1) is 24.8 Å². The van der Waals surface area contributed by atoms with E-state index in [2.05, 4.69) is 51.8 Å². The maximum atomic E-state index is 13.4. The number of hydrogen-bond donors (Lipinski definition) is 2. The van der Waals surface area contributed by atoms with Crippen molar-refractivity contribution in [3.8, 4) is 0 Å². The topological polar surface area (TPSA) is 120 Å². The largest absolute Gasteiger partial charge is 0.412 e. The van der Waals surface area contributed by atoms with Gasteiger partial charge in [0.15, 0.2) is 0 Å². The summed E-state index contributed by atoms with van der Waals surface area (Å²) in [4.78, 5) is 16.0. The number of amides is 1. The first kappa shape index (κ1) is 31.0. The second-order valence-corrected chi connectivity index (χ2v) is 8.47.